The van der Waals surface area contributed by atoms with Crippen molar-refractivity contribution < 1.29 is 19.4 Å². The normalized spacial score (nSPS) is 12.2. The van der Waals surface area contributed by atoms with E-state index >= 15 is 0 Å². The van der Waals surface area contributed by atoms with Crippen LogP contribution in [0.2, 0.25) is 0 Å². The molecule has 0 saturated carbocycles. The first-order chi connectivity index (χ1) is 8.88. The number of hydrogen-bond acceptors (Lipinski definition) is 3. The van der Waals surface area contributed by atoms with E-state index in [0.29, 0.717) is 5.75 Å². The molecule has 1 rings (SSSR count). The number of nitrogens with two attached hydrogens (primary N) is 1. The molecule has 0 bridgehead atoms. The smallest absolute Gasteiger partial charge is 0.303 e. The monoisotopic (exact) mass is 265 g/mol. The van der Waals surface area contributed by atoms with Crippen LogP contribution < -0.4 is 10.5 Å². The van der Waals surface area contributed by atoms with Crippen LogP contribution in [0.15, 0.2) is 24.3 Å². The van der Waals surface area contributed by atoms with Gasteiger partial charge in [0.15, 0.2) is 0 Å². The number of carbonyl (C=O) groups is 2. The highest BCUT2D eigenvalue weighted by atomic mass is 16.5. The van der Waals surface area contributed by atoms with Crippen LogP contribution in [0.1, 0.15) is 38.2 Å². The van der Waals surface area contributed by atoms with Gasteiger partial charge in [-0.2, -0.15) is 0 Å². The molecule has 0 aliphatic carbocycles. The maximum Gasteiger partial charge on any atom is 0.303 e. The topological polar surface area (TPSA) is 89.6 Å². The minimum atomic E-state index is -0.950. The number of primary amides is 1. The molecule has 0 radical (unpaired) electrons. The minimum absolute atomic E-state index is 0.0245. The van der Waals surface area contributed by atoms with Crippen molar-refractivity contribution in [3.05, 3.63) is 29.8 Å². The Labute approximate surface area is 112 Å². The van der Waals surface area contributed by atoms with E-state index in [1.165, 1.54) is 0 Å². The molecule has 1 amide bonds. The molecule has 0 aromatic heterocycles. The molecular weight excluding hydrogens is 246 g/mol. The van der Waals surface area contributed by atoms with E-state index in [1.807, 2.05) is 13.8 Å². The van der Waals surface area contributed by atoms with Crippen molar-refractivity contribution in [3.8, 4) is 5.75 Å². The lowest BCUT2D eigenvalue weighted by molar-refractivity contribution is -0.137. The minimum Gasteiger partial charge on any atom is -0.491 e. The number of rotatable bonds is 7. The summed E-state index contributed by atoms with van der Waals surface area (Å²) in [4.78, 5) is 21.8. The lowest BCUT2D eigenvalue weighted by Crippen LogP contribution is -2.17. The third-order valence-electron chi connectivity index (χ3n) is 2.59. The molecule has 3 N–H and O–H groups in total. The van der Waals surface area contributed by atoms with Gasteiger partial charge in [0.25, 0.3) is 0 Å². The number of aliphatic carboxylic acids is 1. The van der Waals surface area contributed by atoms with E-state index in [9.17, 15) is 9.59 Å². The molecule has 1 aromatic rings. The molecule has 0 saturated heterocycles. The van der Waals surface area contributed by atoms with Gasteiger partial charge >= 0.3 is 5.97 Å². The van der Waals surface area contributed by atoms with Gasteiger partial charge in [-0.1, -0.05) is 12.1 Å². The molecule has 0 heterocycles. The largest absolute Gasteiger partial charge is 0.491 e. The first kappa shape index (κ1) is 15.0. The molecule has 0 aliphatic heterocycles. The van der Waals surface area contributed by atoms with Crippen LogP contribution in [-0.4, -0.2) is 23.1 Å². The Morgan fingerprint density at radius 1 is 1.21 bits per heavy atom. The molecule has 0 spiro atoms. The molecule has 5 heteroatoms. The Kier molecular flexibility index (Phi) is 5.36. The van der Waals surface area contributed by atoms with E-state index < -0.39 is 17.8 Å². The molecule has 1 aromatic carbocycles. The predicted octanol–water partition coefficient (Wildman–Crippen LogP) is 1.91. The first-order valence-electron chi connectivity index (χ1n) is 6.15. The molecule has 0 fully saturated rings. The van der Waals surface area contributed by atoms with Gasteiger partial charge in [-0.05, 0) is 31.5 Å². The second kappa shape index (κ2) is 6.78. The third kappa shape index (κ3) is 5.42. The molecular formula is C14H19NO4. The maximum absolute atomic E-state index is 11.0. The Morgan fingerprint density at radius 2 is 1.79 bits per heavy atom. The van der Waals surface area contributed by atoms with Gasteiger partial charge in [0.2, 0.25) is 5.91 Å². The average Bonchev–Trinajstić information content (AvgIpc) is 2.27. The summed E-state index contributed by atoms with van der Waals surface area (Å²) >= 11 is 0. The fourth-order valence-corrected chi connectivity index (χ4v) is 1.85. The number of ether oxygens (including phenoxy) is 1. The molecule has 0 unspecified atom stereocenters. The zero-order valence-corrected chi connectivity index (χ0v) is 11.1. The van der Waals surface area contributed by atoms with Gasteiger partial charge in [-0.25, -0.2) is 0 Å². The van der Waals surface area contributed by atoms with Crippen LogP contribution in [0.4, 0.5) is 0 Å². The van der Waals surface area contributed by atoms with Gasteiger partial charge in [0, 0.05) is 12.3 Å². The summed E-state index contributed by atoms with van der Waals surface area (Å²) < 4.78 is 5.50. The van der Waals surface area contributed by atoms with Crippen molar-refractivity contribution in [2.75, 3.05) is 0 Å². The molecule has 0 aliphatic rings. The SMILES string of the molecule is CC(C)Oc1ccc([C@H](CC(N)=O)CC(=O)O)cc1. The van der Waals surface area contributed by atoms with E-state index in [-0.39, 0.29) is 18.9 Å². The summed E-state index contributed by atoms with van der Waals surface area (Å²) in [6.07, 6.45) is -0.0180. The van der Waals surface area contributed by atoms with E-state index in [4.69, 9.17) is 15.6 Å². The van der Waals surface area contributed by atoms with Crippen molar-refractivity contribution in [2.45, 2.75) is 38.7 Å². The summed E-state index contributed by atoms with van der Waals surface area (Å²) in [6, 6.07) is 7.08. The second-order valence-electron chi connectivity index (χ2n) is 4.70. The number of amides is 1. The second-order valence-corrected chi connectivity index (χ2v) is 4.70. The third-order valence-corrected chi connectivity index (χ3v) is 2.59. The van der Waals surface area contributed by atoms with Gasteiger partial charge in [-0.3, -0.25) is 9.59 Å². The van der Waals surface area contributed by atoms with Crippen molar-refractivity contribution >= 4 is 11.9 Å². The molecule has 104 valence electrons. The summed E-state index contributed by atoms with van der Waals surface area (Å²) in [7, 11) is 0. The zero-order chi connectivity index (χ0) is 14.4. The molecule has 5 nitrogen and oxygen atoms in total. The van der Waals surface area contributed by atoms with Crippen molar-refractivity contribution in [1.82, 2.24) is 0 Å². The first-order valence-corrected chi connectivity index (χ1v) is 6.15. The lowest BCUT2D eigenvalue weighted by Gasteiger charge is -2.15. The van der Waals surface area contributed by atoms with Gasteiger partial charge in [-0.15, -0.1) is 0 Å². The Hall–Kier alpha value is -2.04. The lowest BCUT2D eigenvalue weighted by atomic mass is 9.92. The van der Waals surface area contributed by atoms with Gasteiger partial charge in [0.05, 0.1) is 12.5 Å². The summed E-state index contributed by atoms with van der Waals surface area (Å²) in [6.45, 7) is 3.85. The summed E-state index contributed by atoms with van der Waals surface area (Å²) in [5, 5.41) is 8.85. The zero-order valence-electron chi connectivity index (χ0n) is 11.1. The van der Waals surface area contributed by atoms with Gasteiger partial charge < -0.3 is 15.6 Å². The van der Waals surface area contributed by atoms with Crippen LogP contribution in [-0.2, 0) is 9.59 Å². The highest BCUT2D eigenvalue weighted by Gasteiger charge is 2.18. The average molecular weight is 265 g/mol. The highest BCUT2D eigenvalue weighted by Crippen LogP contribution is 2.25. The number of carboxylic acid groups (broad SMARTS) is 1. The summed E-state index contributed by atoms with van der Waals surface area (Å²) in [5.41, 5.74) is 5.92. The van der Waals surface area contributed by atoms with Crippen LogP contribution >= 0.6 is 0 Å². The standard InChI is InChI=1S/C14H19NO4/c1-9(2)19-12-5-3-10(4-6-12)11(7-13(15)16)8-14(17)18/h3-6,9,11H,7-8H2,1-2H3,(H2,15,16)(H,17,18)/t11-/m1/s1. The summed E-state index contributed by atoms with van der Waals surface area (Å²) in [5.74, 6) is -1.14. The van der Waals surface area contributed by atoms with Crippen molar-refractivity contribution in [3.63, 3.8) is 0 Å². The molecule has 19 heavy (non-hydrogen) atoms. The van der Waals surface area contributed by atoms with E-state index in [0.717, 1.165) is 5.56 Å². The Balaban J connectivity index is 2.83. The number of hydrogen-bond donors (Lipinski definition) is 2. The van der Waals surface area contributed by atoms with Crippen LogP contribution in [0.25, 0.3) is 0 Å². The van der Waals surface area contributed by atoms with Crippen molar-refractivity contribution in [2.24, 2.45) is 5.73 Å². The van der Waals surface area contributed by atoms with Gasteiger partial charge in [0.1, 0.15) is 5.75 Å². The fourth-order valence-electron chi connectivity index (χ4n) is 1.85. The number of carboxylic acids is 1. The van der Waals surface area contributed by atoms with Crippen LogP contribution in [0.5, 0.6) is 5.75 Å². The van der Waals surface area contributed by atoms with E-state index in [2.05, 4.69) is 0 Å². The quantitative estimate of drug-likeness (QED) is 0.788. The van der Waals surface area contributed by atoms with Crippen molar-refractivity contribution in [1.29, 1.82) is 0 Å². The van der Waals surface area contributed by atoms with E-state index in [1.54, 1.807) is 24.3 Å². The Morgan fingerprint density at radius 3 is 2.21 bits per heavy atom. The van der Waals surface area contributed by atoms with Crippen LogP contribution in [0, 0.1) is 0 Å². The Bertz CT molecular complexity index is 423. The van der Waals surface area contributed by atoms with Crippen LogP contribution in [0.3, 0.4) is 0 Å². The maximum atomic E-state index is 11.0. The number of carbonyl (C=O) groups excluding carboxylic acids is 1. The molecule has 1 atom stereocenters. The predicted molar refractivity (Wildman–Crippen MR) is 71.0 cm³/mol. The highest BCUT2D eigenvalue weighted by molar-refractivity contribution is 5.76. The number of benzene rings is 1. The fraction of sp³-hybridized carbons (Fsp3) is 0.429.